The zero-order valence-corrected chi connectivity index (χ0v) is 11.9. The van der Waals surface area contributed by atoms with E-state index in [0.29, 0.717) is 13.1 Å². The monoisotopic (exact) mass is 290 g/mol. The molecule has 1 aliphatic rings. The van der Waals surface area contributed by atoms with Gasteiger partial charge in [0.1, 0.15) is 0 Å². The van der Waals surface area contributed by atoms with E-state index in [1.54, 1.807) is 23.1 Å². The number of likely N-dealkylation sites (tertiary alicyclic amines) is 1. The van der Waals surface area contributed by atoms with E-state index >= 15 is 0 Å². The summed E-state index contributed by atoms with van der Waals surface area (Å²) in [6.07, 6.45) is 2.91. The molecule has 1 heterocycles. The Bertz CT molecular complexity index is 550. The summed E-state index contributed by atoms with van der Waals surface area (Å²) in [6, 6.07) is 6.43. The van der Waals surface area contributed by atoms with Crippen molar-refractivity contribution in [2.24, 2.45) is 0 Å². The number of carbonyl (C=O) groups is 3. The normalized spacial score (nSPS) is 14.4. The SMILES string of the molecule is COC(=O)c1ccccc1NC(=O)C(=O)N1CCCCC1. The lowest BCUT2D eigenvalue weighted by molar-refractivity contribution is -0.143. The van der Waals surface area contributed by atoms with Gasteiger partial charge in [-0.3, -0.25) is 9.59 Å². The first-order chi connectivity index (χ1) is 10.1. The summed E-state index contributed by atoms with van der Waals surface area (Å²) in [4.78, 5) is 37.2. The van der Waals surface area contributed by atoms with E-state index in [2.05, 4.69) is 10.1 Å². The second-order valence-electron chi connectivity index (χ2n) is 4.84. The molecule has 0 spiro atoms. The highest BCUT2D eigenvalue weighted by Gasteiger charge is 2.24. The van der Waals surface area contributed by atoms with Crippen molar-refractivity contribution in [3.05, 3.63) is 29.8 Å². The fourth-order valence-corrected chi connectivity index (χ4v) is 2.30. The third-order valence-electron chi connectivity index (χ3n) is 3.42. The summed E-state index contributed by atoms with van der Waals surface area (Å²) < 4.78 is 4.65. The molecule has 1 aromatic rings. The number of nitrogens with one attached hydrogen (secondary N) is 1. The Morgan fingerprint density at radius 3 is 2.43 bits per heavy atom. The minimum Gasteiger partial charge on any atom is -0.465 e. The second-order valence-corrected chi connectivity index (χ2v) is 4.84. The van der Waals surface area contributed by atoms with Gasteiger partial charge in [0.15, 0.2) is 0 Å². The molecule has 6 nitrogen and oxygen atoms in total. The second kappa shape index (κ2) is 6.88. The molecule has 6 heteroatoms. The number of ether oxygens (including phenoxy) is 1. The first-order valence-electron chi connectivity index (χ1n) is 6.91. The van der Waals surface area contributed by atoms with Gasteiger partial charge < -0.3 is 15.0 Å². The predicted octanol–water partition coefficient (Wildman–Crippen LogP) is 1.42. The van der Waals surface area contributed by atoms with Gasteiger partial charge in [0, 0.05) is 13.1 Å². The first-order valence-corrected chi connectivity index (χ1v) is 6.91. The van der Waals surface area contributed by atoms with E-state index < -0.39 is 17.8 Å². The summed E-state index contributed by atoms with van der Waals surface area (Å²) in [5, 5.41) is 2.49. The number of rotatable bonds is 2. The molecule has 0 saturated carbocycles. The van der Waals surface area contributed by atoms with E-state index in [1.165, 1.54) is 13.2 Å². The number of anilines is 1. The van der Waals surface area contributed by atoms with Crippen LogP contribution in [0.2, 0.25) is 0 Å². The average Bonchev–Trinajstić information content (AvgIpc) is 2.54. The molecule has 0 atom stereocenters. The smallest absolute Gasteiger partial charge is 0.339 e. The number of amides is 2. The topological polar surface area (TPSA) is 75.7 Å². The van der Waals surface area contributed by atoms with Crippen LogP contribution in [0, 0.1) is 0 Å². The first kappa shape index (κ1) is 15.0. The van der Waals surface area contributed by atoms with E-state index in [-0.39, 0.29) is 11.3 Å². The molecule has 0 radical (unpaired) electrons. The van der Waals surface area contributed by atoms with Gasteiger partial charge in [-0.15, -0.1) is 0 Å². The number of methoxy groups -OCH3 is 1. The van der Waals surface area contributed by atoms with Gasteiger partial charge in [-0.05, 0) is 31.4 Å². The summed E-state index contributed by atoms with van der Waals surface area (Å²) in [5.41, 5.74) is 0.500. The fourth-order valence-electron chi connectivity index (χ4n) is 2.30. The molecule has 0 unspecified atom stereocenters. The molecule has 21 heavy (non-hydrogen) atoms. The highest BCUT2D eigenvalue weighted by Crippen LogP contribution is 2.16. The van der Waals surface area contributed by atoms with Crippen molar-refractivity contribution in [2.45, 2.75) is 19.3 Å². The lowest BCUT2D eigenvalue weighted by atomic mass is 10.1. The number of hydrogen-bond donors (Lipinski definition) is 1. The number of esters is 1. The van der Waals surface area contributed by atoms with Gasteiger partial charge in [0.05, 0.1) is 18.4 Å². The minimum atomic E-state index is -0.728. The number of piperidine rings is 1. The molecule has 0 aromatic heterocycles. The Hall–Kier alpha value is -2.37. The zero-order valence-electron chi connectivity index (χ0n) is 11.9. The Kier molecular flexibility index (Phi) is 4.92. The average molecular weight is 290 g/mol. The van der Waals surface area contributed by atoms with Crippen molar-refractivity contribution in [3.63, 3.8) is 0 Å². The molecule has 0 aliphatic carbocycles. The van der Waals surface area contributed by atoms with Crippen LogP contribution in [0.5, 0.6) is 0 Å². The summed E-state index contributed by atoms with van der Waals surface area (Å²) in [6.45, 7) is 1.20. The van der Waals surface area contributed by atoms with Gasteiger partial charge in [0.25, 0.3) is 0 Å². The third kappa shape index (κ3) is 3.59. The van der Waals surface area contributed by atoms with E-state index in [4.69, 9.17) is 0 Å². The van der Waals surface area contributed by atoms with Gasteiger partial charge in [-0.25, -0.2) is 4.79 Å². The third-order valence-corrected chi connectivity index (χ3v) is 3.42. The lowest BCUT2D eigenvalue weighted by Gasteiger charge is -2.26. The van der Waals surface area contributed by atoms with Crippen LogP contribution in [0.4, 0.5) is 5.69 Å². The molecular formula is C15H18N2O4. The van der Waals surface area contributed by atoms with E-state index in [9.17, 15) is 14.4 Å². The Morgan fingerprint density at radius 2 is 1.76 bits per heavy atom. The quantitative estimate of drug-likeness (QED) is 0.660. The highest BCUT2D eigenvalue weighted by atomic mass is 16.5. The van der Waals surface area contributed by atoms with Crippen LogP contribution < -0.4 is 5.32 Å². The van der Waals surface area contributed by atoms with Crippen LogP contribution in [0.25, 0.3) is 0 Å². The van der Waals surface area contributed by atoms with Crippen molar-refractivity contribution < 1.29 is 19.1 Å². The van der Waals surface area contributed by atoms with Gasteiger partial charge in [-0.2, -0.15) is 0 Å². The van der Waals surface area contributed by atoms with E-state index in [1.807, 2.05) is 0 Å². The molecule has 1 aliphatic heterocycles. The predicted molar refractivity (Wildman–Crippen MR) is 76.8 cm³/mol. The van der Waals surface area contributed by atoms with Crippen LogP contribution in [0.1, 0.15) is 29.6 Å². The molecule has 1 saturated heterocycles. The van der Waals surface area contributed by atoms with E-state index in [0.717, 1.165) is 19.3 Å². The highest BCUT2D eigenvalue weighted by molar-refractivity contribution is 6.39. The molecule has 2 amide bonds. The molecular weight excluding hydrogens is 272 g/mol. The van der Waals surface area contributed by atoms with Crippen molar-refractivity contribution >= 4 is 23.5 Å². The van der Waals surface area contributed by atoms with Crippen LogP contribution in [-0.2, 0) is 14.3 Å². The lowest BCUT2D eigenvalue weighted by Crippen LogP contribution is -2.42. The number of benzene rings is 1. The van der Waals surface area contributed by atoms with Gasteiger partial charge in [0.2, 0.25) is 0 Å². The van der Waals surface area contributed by atoms with Crippen LogP contribution in [0.3, 0.4) is 0 Å². The molecule has 0 bridgehead atoms. The minimum absolute atomic E-state index is 0.222. The zero-order chi connectivity index (χ0) is 15.2. The van der Waals surface area contributed by atoms with Crippen molar-refractivity contribution in [1.82, 2.24) is 4.90 Å². The van der Waals surface area contributed by atoms with Gasteiger partial charge in [-0.1, -0.05) is 12.1 Å². The molecule has 1 N–H and O–H groups in total. The summed E-state index contributed by atoms with van der Waals surface area (Å²) in [7, 11) is 1.26. The number of carbonyl (C=O) groups excluding carboxylic acids is 3. The van der Waals surface area contributed by atoms with Crippen molar-refractivity contribution in [1.29, 1.82) is 0 Å². The Morgan fingerprint density at radius 1 is 1.10 bits per heavy atom. The van der Waals surface area contributed by atoms with Crippen LogP contribution in [-0.4, -0.2) is 42.9 Å². The van der Waals surface area contributed by atoms with Crippen molar-refractivity contribution in [3.8, 4) is 0 Å². The Balaban J connectivity index is 2.09. The fraction of sp³-hybridized carbons (Fsp3) is 0.400. The summed E-state index contributed by atoms with van der Waals surface area (Å²) in [5.74, 6) is -1.85. The Labute approximate surface area is 123 Å². The maximum Gasteiger partial charge on any atom is 0.339 e. The standard InChI is InChI=1S/C15H18N2O4/c1-21-15(20)11-7-3-4-8-12(11)16-13(18)14(19)17-9-5-2-6-10-17/h3-4,7-8H,2,5-6,9-10H2,1H3,(H,16,18). The number of para-hydroxylation sites is 1. The molecule has 112 valence electrons. The van der Waals surface area contributed by atoms with Gasteiger partial charge >= 0.3 is 17.8 Å². The van der Waals surface area contributed by atoms with Crippen molar-refractivity contribution in [2.75, 3.05) is 25.5 Å². The molecule has 2 rings (SSSR count). The maximum atomic E-state index is 12.1. The van der Waals surface area contributed by atoms with Crippen LogP contribution in [0.15, 0.2) is 24.3 Å². The summed E-state index contributed by atoms with van der Waals surface area (Å²) >= 11 is 0. The number of hydrogen-bond acceptors (Lipinski definition) is 4. The molecule has 1 aromatic carbocycles. The number of nitrogens with zero attached hydrogens (tertiary/aromatic N) is 1. The molecule has 1 fully saturated rings. The largest absolute Gasteiger partial charge is 0.465 e. The maximum absolute atomic E-state index is 12.1. The van der Waals surface area contributed by atoms with Crippen LogP contribution >= 0.6 is 0 Å².